The third-order valence-electron chi connectivity index (χ3n) is 3.05. The molecule has 0 radical (unpaired) electrons. The average Bonchev–Trinajstić information content (AvgIpc) is 3.27. The fraction of sp³-hybridized carbons (Fsp3) is 0.500. The summed E-state index contributed by atoms with van der Waals surface area (Å²) < 4.78 is 20.8. The van der Waals surface area contributed by atoms with Crippen LogP contribution in [0.5, 0.6) is 17.2 Å². The number of carbonyl (C=O) groups is 1. The Morgan fingerprint density at radius 1 is 1.11 bits per heavy atom. The first-order chi connectivity index (χ1) is 9.19. The Hall–Kier alpha value is -1.91. The van der Waals surface area contributed by atoms with Crippen LogP contribution in [-0.4, -0.2) is 33.9 Å². The highest BCUT2D eigenvalue weighted by Crippen LogP contribution is 2.38. The van der Waals surface area contributed by atoms with Crippen LogP contribution in [0.4, 0.5) is 0 Å². The van der Waals surface area contributed by atoms with Gasteiger partial charge in [-0.05, 0) is 30.9 Å². The fourth-order valence-electron chi connectivity index (χ4n) is 1.76. The quantitative estimate of drug-likeness (QED) is 0.739. The summed E-state index contributed by atoms with van der Waals surface area (Å²) in [4.78, 5) is 11.9. The van der Waals surface area contributed by atoms with Crippen molar-refractivity contribution in [1.29, 1.82) is 0 Å². The molecule has 19 heavy (non-hydrogen) atoms. The summed E-state index contributed by atoms with van der Waals surface area (Å²) in [5, 5.41) is 0. The lowest BCUT2D eigenvalue weighted by molar-refractivity contribution is 0.0485. The van der Waals surface area contributed by atoms with Crippen LogP contribution < -0.4 is 14.2 Å². The Morgan fingerprint density at radius 3 is 2.11 bits per heavy atom. The molecule has 0 bridgehead atoms. The Kier molecular flexibility index (Phi) is 4.14. The van der Waals surface area contributed by atoms with Crippen molar-refractivity contribution in [1.82, 2.24) is 0 Å². The van der Waals surface area contributed by atoms with Gasteiger partial charge in [0.15, 0.2) is 11.5 Å². The van der Waals surface area contributed by atoms with Crippen molar-refractivity contribution in [3.05, 3.63) is 17.7 Å². The maximum absolute atomic E-state index is 11.9. The zero-order valence-electron chi connectivity index (χ0n) is 11.4. The topological polar surface area (TPSA) is 54.0 Å². The van der Waals surface area contributed by atoms with Gasteiger partial charge in [-0.15, -0.1) is 0 Å². The van der Waals surface area contributed by atoms with Gasteiger partial charge in [0.2, 0.25) is 5.75 Å². The summed E-state index contributed by atoms with van der Waals surface area (Å²) in [6, 6.07) is 3.19. The molecule has 104 valence electrons. The molecule has 2 rings (SSSR count). The van der Waals surface area contributed by atoms with E-state index in [1.54, 1.807) is 12.1 Å². The lowest BCUT2D eigenvalue weighted by atomic mass is 10.2. The monoisotopic (exact) mass is 266 g/mol. The summed E-state index contributed by atoms with van der Waals surface area (Å²) in [5.41, 5.74) is 0.398. The molecule has 1 aromatic carbocycles. The van der Waals surface area contributed by atoms with E-state index in [-0.39, 0.29) is 5.97 Å². The van der Waals surface area contributed by atoms with Crippen LogP contribution >= 0.6 is 0 Å². The molecule has 0 N–H and O–H groups in total. The predicted octanol–water partition coefficient (Wildman–Crippen LogP) is 2.28. The first kappa shape index (κ1) is 13.5. The van der Waals surface area contributed by atoms with Gasteiger partial charge in [0.1, 0.15) is 0 Å². The highest BCUT2D eigenvalue weighted by molar-refractivity contribution is 5.91. The van der Waals surface area contributed by atoms with E-state index in [0.717, 1.165) is 12.8 Å². The lowest BCUT2D eigenvalue weighted by Crippen LogP contribution is -2.08. The normalized spacial score (nSPS) is 13.8. The summed E-state index contributed by atoms with van der Waals surface area (Å²) in [7, 11) is 4.54. The molecule has 0 aromatic heterocycles. The first-order valence-corrected chi connectivity index (χ1v) is 6.16. The molecule has 0 atom stereocenters. The van der Waals surface area contributed by atoms with Crippen molar-refractivity contribution in [2.75, 3.05) is 27.9 Å². The van der Waals surface area contributed by atoms with Gasteiger partial charge >= 0.3 is 5.97 Å². The second kappa shape index (κ2) is 5.82. The van der Waals surface area contributed by atoms with E-state index in [1.165, 1.54) is 21.3 Å². The lowest BCUT2D eigenvalue weighted by Gasteiger charge is -2.13. The van der Waals surface area contributed by atoms with E-state index in [0.29, 0.717) is 35.3 Å². The summed E-state index contributed by atoms with van der Waals surface area (Å²) in [6.45, 7) is 0.482. The molecular formula is C14H18O5. The number of rotatable bonds is 6. The van der Waals surface area contributed by atoms with Gasteiger partial charge in [-0.2, -0.15) is 0 Å². The second-order valence-corrected chi connectivity index (χ2v) is 4.46. The highest BCUT2D eigenvalue weighted by atomic mass is 16.5. The minimum Gasteiger partial charge on any atom is -0.493 e. The molecule has 5 nitrogen and oxygen atoms in total. The Labute approximate surface area is 112 Å². The summed E-state index contributed by atoms with van der Waals surface area (Å²) in [5.74, 6) is 1.52. The van der Waals surface area contributed by atoms with Crippen LogP contribution in [0.15, 0.2) is 12.1 Å². The smallest absolute Gasteiger partial charge is 0.338 e. The minimum absolute atomic E-state index is 0.369. The summed E-state index contributed by atoms with van der Waals surface area (Å²) in [6.07, 6.45) is 2.28. The second-order valence-electron chi connectivity index (χ2n) is 4.46. The third-order valence-corrected chi connectivity index (χ3v) is 3.05. The molecule has 1 aliphatic carbocycles. The molecule has 1 saturated carbocycles. The molecule has 1 aliphatic rings. The molecule has 0 amide bonds. The van der Waals surface area contributed by atoms with Crippen molar-refractivity contribution in [3.8, 4) is 17.2 Å². The van der Waals surface area contributed by atoms with Gasteiger partial charge < -0.3 is 18.9 Å². The van der Waals surface area contributed by atoms with Gasteiger partial charge in [0.05, 0.1) is 33.5 Å². The molecule has 5 heteroatoms. The van der Waals surface area contributed by atoms with E-state index in [2.05, 4.69) is 0 Å². The van der Waals surface area contributed by atoms with Crippen molar-refractivity contribution < 1.29 is 23.7 Å². The van der Waals surface area contributed by atoms with E-state index in [1.807, 2.05) is 0 Å². The molecule has 0 spiro atoms. The molecule has 0 unspecified atom stereocenters. The van der Waals surface area contributed by atoms with Crippen molar-refractivity contribution in [2.24, 2.45) is 5.92 Å². The maximum atomic E-state index is 11.9. The van der Waals surface area contributed by atoms with Gasteiger partial charge in [-0.3, -0.25) is 0 Å². The van der Waals surface area contributed by atoms with Crippen LogP contribution in [0.3, 0.4) is 0 Å². The summed E-state index contributed by atoms with van der Waals surface area (Å²) >= 11 is 0. The number of esters is 1. The number of hydrogen-bond acceptors (Lipinski definition) is 5. The molecular weight excluding hydrogens is 248 g/mol. The van der Waals surface area contributed by atoms with Gasteiger partial charge in [0.25, 0.3) is 0 Å². The standard InChI is InChI=1S/C14H18O5/c1-16-11-6-10(7-12(17-2)13(11)18-3)14(15)19-8-9-4-5-9/h6-7,9H,4-5,8H2,1-3H3. The van der Waals surface area contributed by atoms with E-state index in [4.69, 9.17) is 18.9 Å². The molecule has 0 saturated heterocycles. The molecule has 0 aliphatic heterocycles. The minimum atomic E-state index is -0.369. The number of carbonyl (C=O) groups excluding carboxylic acids is 1. The van der Waals surface area contributed by atoms with E-state index in [9.17, 15) is 4.79 Å². The third kappa shape index (κ3) is 3.10. The molecule has 1 aromatic rings. The largest absolute Gasteiger partial charge is 0.493 e. The van der Waals surface area contributed by atoms with Crippen LogP contribution in [-0.2, 0) is 4.74 Å². The van der Waals surface area contributed by atoms with Gasteiger partial charge in [0, 0.05) is 0 Å². The maximum Gasteiger partial charge on any atom is 0.338 e. The van der Waals surface area contributed by atoms with Crippen LogP contribution in [0, 0.1) is 5.92 Å². The Morgan fingerprint density at radius 2 is 1.68 bits per heavy atom. The number of methoxy groups -OCH3 is 3. The van der Waals surface area contributed by atoms with E-state index < -0.39 is 0 Å². The molecule has 1 fully saturated rings. The first-order valence-electron chi connectivity index (χ1n) is 6.16. The van der Waals surface area contributed by atoms with Crippen molar-refractivity contribution >= 4 is 5.97 Å². The SMILES string of the molecule is COc1cc(C(=O)OCC2CC2)cc(OC)c1OC. The number of ether oxygens (including phenoxy) is 4. The fourth-order valence-corrected chi connectivity index (χ4v) is 1.76. The van der Waals surface area contributed by atoms with Crippen molar-refractivity contribution in [2.45, 2.75) is 12.8 Å². The zero-order chi connectivity index (χ0) is 13.8. The van der Waals surface area contributed by atoms with E-state index >= 15 is 0 Å². The Bertz CT molecular complexity index is 440. The van der Waals surface area contributed by atoms with Crippen LogP contribution in [0.2, 0.25) is 0 Å². The van der Waals surface area contributed by atoms with Gasteiger partial charge in [-0.1, -0.05) is 0 Å². The van der Waals surface area contributed by atoms with Gasteiger partial charge in [-0.25, -0.2) is 4.79 Å². The number of benzene rings is 1. The highest BCUT2D eigenvalue weighted by Gasteiger charge is 2.24. The van der Waals surface area contributed by atoms with Crippen LogP contribution in [0.1, 0.15) is 23.2 Å². The molecule has 0 heterocycles. The zero-order valence-corrected chi connectivity index (χ0v) is 11.4. The van der Waals surface area contributed by atoms with Crippen molar-refractivity contribution in [3.63, 3.8) is 0 Å². The average molecular weight is 266 g/mol. The predicted molar refractivity (Wildman–Crippen MR) is 69.1 cm³/mol. The van der Waals surface area contributed by atoms with Crippen LogP contribution in [0.25, 0.3) is 0 Å². The number of hydrogen-bond donors (Lipinski definition) is 0. The Balaban J connectivity index is 2.21.